The van der Waals surface area contributed by atoms with Gasteiger partial charge in [-0.15, -0.1) is 22.7 Å². The van der Waals surface area contributed by atoms with E-state index in [1.807, 2.05) is 71.2 Å². The van der Waals surface area contributed by atoms with Crippen LogP contribution in [0.5, 0.6) is 23.0 Å². The van der Waals surface area contributed by atoms with Gasteiger partial charge in [-0.05, 0) is 178 Å². The molecule has 2 aliphatic carbocycles. The number of benzene rings is 6. The van der Waals surface area contributed by atoms with E-state index in [2.05, 4.69) is 118 Å². The van der Waals surface area contributed by atoms with Crippen molar-refractivity contribution < 1.29 is 18.9 Å². The maximum atomic E-state index is 5.56. The minimum Gasteiger partial charge on any atom is -0.497 e. The summed E-state index contributed by atoms with van der Waals surface area (Å²) in [5.74, 6) is 3.25. The minimum absolute atomic E-state index is 0.516. The Kier molecular flexibility index (Phi) is 8.54. The van der Waals surface area contributed by atoms with Gasteiger partial charge in [-0.1, -0.05) is 12.1 Å². The lowest BCUT2D eigenvalue weighted by atomic mass is 9.71. The van der Waals surface area contributed by atoms with Gasteiger partial charge in [-0.25, -0.2) is 0 Å². The topological polar surface area (TPSA) is 43.4 Å². The average molecular weight is 783 g/mol. The Labute approximate surface area is 340 Å². The number of anilines is 6. The fourth-order valence-corrected chi connectivity index (χ4v) is 10.8. The maximum Gasteiger partial charge on any atom is 0.119 e. The molecule has 0 fully saturated rings. The second kappa shape index (κ2) is 13.9. The zero-order chi connectivity index (χ0) is 38.7. The molecule has 0 saturated carbocycles. The Hall–Kier alpha value is -6.48. The molecule has 2 aromatic heterocycles. The van der Waals surface area contributed by atoms with Crippen LogP contribution < -0.4 is 28.7 Å². The van der Waals surface area contributed by atoms with Crippen LogP contribution in [0.4, 0.5) is 34.1 Å². The summed E-state index contributed by atoms with van der Waals surface area (Å²) in [6.45, 7) is 0. The first kappa shape index (κ1) is 35.0. The van der Waals surface area contributed by atoms with E-state index in [1.165, 1.54) is 43.1 Å². The molecule has 280 valence electrons. The van der Waals surface area contributed by atoms with Crippen molar-refractivity contribution in [2.24, 2.45) is 0 Å². The molecule has 6 nitrogen and oxygen atoms in total. The van der Waals surface area contributed by atoms with Crippen molar-refractivity contribution in [3.05, 3.63) is 179 Å². The summed E-state index contributed by atoms with van der Waals surface area (Å²) in [6.07, 6.45) is 0. The lowest BCUT2D eigenvalue weighted by Gasteiger charge is -2.32. The molecule has 2 aliphatic rings. The van der Waals surface area contributed by atoms with Crippen molar-refractivity contribution in [3.63, 3.8) is 0 Å². The van der Waals surface area contributed by atoms with Crippen LogP contribution in [-0.2, 0) is 5.41 Å². The molecule has 8 aromatic rings. The van der Waals surface area contributed by atoms with Crippen molar-refractivity contribution in [2.45, 2.75) is 5.41 Å². The first-order valence-corrected chi connectivity index (χ1v) is 20.4. The molecule has 0 N–H and O–H groups in total. The maximum absolute atomic E-state index is 5.56. The SMILES string of the molecule is COc1ccc(N(c2ccc(OC)cc2)c2ccc3c(c2)C2(c4cc(N(c5ccc(OC)cc5)c5ccc(OC)cc5)ccc4-3)c3ccsc3-c3sccc32)cc1. The van der Waals surface area contributed by atoms with Crippen LogP contribution in [0.2, 0.25) is 0 Å². The van der Waals surface area contributed by atoms with Gasteiger partial charge < -0.3 is 28.7 Å². The van der Waals surface area contributed by atoms with Crippen molar-refractivity contribution in [1.29, 1.82) is 0 Å². The zero-order valence-corrected chi connectivity index (χ0v) is 33.5. The number of thiophene rings is 2. The van der Waals surface area contributed by atoms with Gasteiger partial charge in [0, 0.05) is 43.9 Å². The summed E-state index contributed by atoms with van der Waals surface area (Å²) >= 11 is 3.67. The van der Waals surface area contributed by atoms with E-state index in [0.717, 1.165) is 57.1 Å². The Morgan fingerprint density at radius 3 is 0.947 bits per heavy atom. The number of ether oxygens (including phenoxy) is 4. The fraction of sp³-hybridized carbons (Fsp3) is 0.102. The highest BCUT2D eigenvalue weighted by molar-refractivity contribution is 7.21. The third-order valence-corrected chi connectivity index (χ3v) is 13.3. The van der Waals surface area contributed by atoms with Gasteiger partial charge in [0.05, 0.1) is 33.9 Å². The lowest BCUT2D eigenvalue weighted by Crippen LogP contribution is -2.26. The molecule has 1 spiro atoms. The molecule has 0 atom stereocenters. The highest BCUT2D eigenvalue weighted by atomic mass is 32.1. The normalized spacial score (nSPS) is 12.7. The molecule has 10 rings (SSSR count). The third kappa shape index (κ3) is 5.43. The predicted molar refractivity (Wildman–Crippen MR) is 234 cm³/mol. The molecule has 6 aromatic carbocycles. The quantitative estimate of drug-likeness (QED) is 0.138. The molecule has 8 heteroatoms. The van der Waals surface area contributed by atoms with E-state index in [0.29, 0.717) is 0 Å². The molecule has 0 saturated heterocycles. The van der Waals surface area contributed by atoms with Crippen LogP contribution in [0.1, 0.15) is 22.3 Å². The van der Waals surface area contributed by atoms with Gasteiger partial charge in [-0.3, -0.25) is 0 Å². The number of hydrogen-bond donors (Lipinski definition) is 0. The molecule has 57 heavy (non-hydrogen) atoms. The van der Waals surface area contributed by atoms with Crippen LogP contribution in [0.3, 0.4) is 0 Å². The number of nitrogens with zero attached hydrogens (tertiary/aromatic N) is 2. The van der Waals surface area contributed by atoms with Crippen LogP contribution in [0.15, 0.2) is 156 Å². The van der Waals surface area contributed by atoms with Gasteiger partial charge in [0.15, 0.2) is 0 Å². The zero-order valence-electron chi connectivity index (χ0n) is 31.9. The molecule has 0 bridgehead atoms. The first-order valence-electron chi connectivity index (χ1n) is 18.7. The second-order valence-corrected chi connectivity index (χ2v) is 15.8. The largest absolute Gasteiger partial charge is 0.497 e. The van der Waals surface area contributed by atoms with Gasteiger partial charge in [0.1, 0.15) is 23.0 Å². The molecular formula is C49H38N2O4S2. The second-order valence-electron chi connectivity index (χ2n) is 14.0. The Morgan fingerprint density at radius 2 is 0.649 bits per heavy atom. The third-order valence-electron chi connectivity index (χ3n) is 11.3. The smallest absolute Gasteiger partial charge is 0.119 e. The first-order chi connectivity index (χ1) is 28.0. The van der Waals surface area contributed by atoms with E-state index in [9.17, 15) is 0 Å². The summed E-state index contributed by atoms with van der Waals surface area (Å²) in [4.78, 5) is 7.32. The number of rotatable bonds is 10. The van der Waals surface area contributed by atoms with Gasteiger partial charge >= 0.3 is 0 Å². The summed E-state index contributed by atoms with van der Waals surface area (Å²) in [5, 5.41) is 4.50. The van der Waals surface area contributed by atoms with Crippen molar-refractivity contribution in [1.82, 2.24) is 0 Å². The van der Waals surface area contributed by atoms with E-state index in [-0.39, 0.29) is 0 Å². The highest BCUT2D eigenvalue weighted by Gasteiger charge is 2.53. The van der Waals surface area contributed by atoms with Gasteiger partial charge in [-0.2, -0.15) is 0 Å². The lowest BCUT2D eigenvalue weighted by molar-refractivity contribution is 0.414. The Morgan fingerprint density at radius 1 is 0.351 bits per heavy atom. The van der Waals surface area contributed by atoms with E-state index < -0.39 is 5.41 Å². The Bertz CT molecular complexity index is 2450. The number of methoxy groups -OCH3 is 4. The van der Waals surface area contributed by atoms with E-state index in [1.54, 1.807) is 28.4 Å². The number of hydrogen-bond acceptors (Lipinski definition) is 8. The van der Waals surface area contributed by atoms with E-state index >= 15 is 0 Å². The van der Waals surface area contributed by atoms with Gasteiger partial charge in [0.2, 0.25) is 0 Å². The molecular weight excluding hydrogens is 745 g/mol. The molecule has 2 heterocycles. The monoisotopic (exact) mass is 782 g/mol. The van der Waals surface area contributed by atoms with Crippen LogP contribution in [0.25, 0.3) is 20.9 Å². The highest BCUT2D eigenvalue weighted by Crippen LogP contribution is 2.66. The van der Waals surface area contributed by atoms with Crippen molar-refractivity contribution in [2.75, 3.05) is 38.2 Å². The molecule has 0 aliphatic heterocycles. The van der Waals surface area contributed by atoms with Crippen molar-refractivity contribution in [3.8, 4) is 43.9 Å². The summed E-state index contributed by atoms with van der Waals surface area (Å²) in [5.41, 5.74) is 13.4. The molecule has 0 radical (unpaired) electrons. The fourth-order valence-electron chi connectivity index (χ4n) is 8.68. The summed E-state index contributed by atoms with van der Waals surface area (Å²) in [7, 11) is 6.80. The predicted octanol–water partition coefficient (Wildman–Crippen LogP) is 13.1. The van der Waals surface area contributed by atoms with Gasteiger partial charge in [0.25, 0.3) is 0 Å². The van der Waals surface area contributed by atoms with E-state index in [4.69, 9.17) is 18.9 Å². The van der Waals surface area contributed by atoms with Crippen molar-refractivity contribution >= 4 is 56.8 Å². The molecule has 0 amide bonds. The standard InChI is InChI=1S/C49H38N2O4S2/c1-52-37-15-5-31(6-16-37)50(32-7-17-38(53-2)18-8-32)35-13-23-41-42-24-14-36(51(33-9-19-39(54-3)20-10-33)34-11-21-40(55-4)22-12-34)30-46(42)49(45(41)29-35)43-25-27-56-47(43)48-44(49)26-28-57-48/h5-30H,1-4H3. The minimum atomic E-state index is -0.516. The van der Waals surface area contributed by atoms with Crippen LogP contribution in [-0.4, -0.2) is 28.4 Å². The Balaban J connectivity index is 1.20. The molecule has 0 unspecified atom stereocenters. The summed E-state index contributed by atoms with van der Waals surface area (Å²) < 4.78 is 22.2. The van der Waals surface area contributed by atoms with Crippen LogP contribution >= 0.6 is 22.7 Å². The number of fused-ring (bicyclic) bond motifs is 10. The van der Waals surface area contributed by atoms with Crippen LogP contribution in [0, 0.1) is 0 Å². The summed E-state index contributed by atoms with van der Waals surface area (Å²) in [6, 6.07) is 51.7. The average Bonchev–Trinajstić information content (AvgIpc) is 4.06.